The van der Waals surface area contributed by atoms with Crippen molar-refractivity contribution in [3.8, 4) is 16.3 Å². The Balaban J connectivity index is 1.44. The van der Waals surface area contributed by atoms with Crippen molar-refractivity contribution in [3.63, 3.8) is 0 Å². The molecule has 2 aromatic heterocycles. The number of amides is 1. The third-order valence-corrected chi connectivity index (χ3v) is 6.01. The van der Waals surface area contributed by atoms with Crippen LogP contribution in [0.15, 0.2) is 63.3 Å². The van der Waals surface area contributed by atoms with E-state index in [4.69, 9.17) is 13.9 Å². The van der Waals surface area contributed by atoms with Gasteiger partial charge in [0.1, 0.15) is 35.3 Å². The molecular weight excluding hydrogens is 456 g/mol. The fourth-order valence-electron chi connectivity index (χ4n) is 3.31. The number of rotatable bonds is 6. The third kappa shape index (κ3) is 5.15. The summed E-state index contributed by atoms with van der Waals surface area (Å²) >= 11 is 1.37. The van der Waals surface area contributed by atoms with E-state index >= 15 is 0 Å². The first-order valence-corrected chi connectivity index (χ1v) is 11.4. The molecule has 1 N–H and O–H groups in total. The van der Waals surface area contributed by atoms with Crippen molar-refractivity contribution in [3.05, 3.63) is 81.2 Å². The van der Waals surface area contributed by atoms with Crippen LogP contribution in [0, 0.1) is 13.8 Å². The second-order valence-corrected chi connectivity index (χ2v) is 8.59. The Morgan fingerprint density at radius 1 is 1.18 bits per heavy atom. The van der Waals surface area contributed by atoms with Crippen molar-refractivity contribution < 1.29 is 23.5 Å². The summed E-state index contributed by atoms with van der Waals surface area (Å²) in [4.78, 5) is 41.9. The Kier molecular flexibility index (Phi) is 6.74. The largest absolute Gasteiger partial charge is 0.463 e. The Labute approximate surface area is 199 Å². The molecule has 1 unspecified atom stereocenters. The van der Waals surface area contributed by atoms with Gasteiger partial charge in [-0.3, -0.25) is 4.79 Å². The van der Waals surface area contributed by atoms with Crippen LogP contribution in [0.1, 0.15) is 23.7 Å². The number of ether oxygens (including phenoxy) is 2. The van der Waals surface area contributed by atoms with Crippen LogP contribution < -0.4 is 15.5 Å². The van der Waals surface area contributed by atoms with Crippen LogP contribution in [0.3, 0.4) is 0 Å². The molecule has 0 aliphatic heterocycles. The summed E-state index contributed by atoms with van der Waals surface area (Å²) in [5.41, 5.74) is 2.70. The number of alkyl carbamates (subject to hydrolysis) is 1. The highest BCUT2D eigenvalue weighted by Crippen LogP contribution is 2.27. The van der Waals surface area contributed by atoms with Crippen molar-refractivity contribution in [2.24, 2.45) is 0 Å². The van der Waals surface area contributed by atoms with E-state index in [2.05, 4.69) is 10.3 Å². The summed E-state index contributed by atoms with van der Waals surface area (Å²) in [6, 6.07) is 11.3. The smallest absolute Gasteiger partial charge is 0.408 e. The summed E-state index contributed by atoms with van der Waals surface area (Å²) in [6.07, 6.45) is 0.625. The van der Waals surface area contributed by atoms with E-state index in [0.717, 1.165) is 11.3 Å². The molecule has 0 saturated heterocycles. The number of aryl methyl sites for hydroxylation is 2. The van der Waals surface area contributed by atoms with Crippen LogP contribution in [0.4, 0.5) is 4.79 Å². The lowest BCUT2D eigenvalue weighted by molar-refractivity contribution is -0.136. The first-order chi connectivity index (χ1) is 16.3. The van der Waals surface area contributed by atoms with Crippen LogP contribution in [-0.2, 0) is 16.1 Å². The lowest BCUT2D eigenvalue weighted by atomic mass is 10.1. The minimum Gasteiger partial charge on any atom is -0.463 e. The Morgan fingerprint density at radius 2 is 1.94 bits per heavy atom. The van der Waals surface area contributed by atoms with E-state index in [0.29, 0.717) is 21.5 Å². The molecule has 1 amide bonds. The van der Waals surface area contributed by atoms with Crippen LogP contribution in [0.25, 0.3) is 21.5 Å². The van der Waals surface area contributed by atoms with Gasteiger partial charge in [-0.1, -0.05) is 30.3 Å². The number of aromatic nitrogens is 1. The van der Waals surface area contributed by atoms with Crippen LogP contribution in [0.2, 0.25) is 0 Å². The van der Waals surface area contributed by atoms with Gasteiger partial charge >= 0.3 is 12.1 Å². The van der Waals surface area contributed by atoms with Gasteiger partial charge in [0.25, 0.3) is 0 Å². The van der Waals surface area contributed by atoms with Gasteiger partial charge in [0.2, 0.25) is 5.43 Å². The molecule has 0 fully saturated rings. The molecule has 8 nitrogen and oxygen atoms in total. The topological polar surface area (TPSA) is 108 Å². The quantitative estimate of drug-likeness (QED) is 0.315. The van der Waals surface area contributed by atoms with Crippen LogP contribution >= 0.6 is 11.3 Å². The Hall–Kier alpha value is -3.98. The molecule has 0 aliphatic rings. The molecular formula is C25H22N2O6S. The highest BCUT2D eigenvalue weighted by atomic mass is 32.1. The fraction of sp³-hybridized carbons (Fsp3) is 0.200. The number of nitrogens with one attached hydrogen (secondary N) is 1. The summed E-state index contributed by atoms with van der Waals surface area (Å²) in [5, 5.41) is 5.28. The van der Waals surface area contributed by atoms with E-state index in [1.165, 1.54) is 30.6 Å². The fourth-order valence-corrected chi connectivity index (χ4v) is 4.11. The average molecular weight is 479 g/mol. The summed E-state index contributed by atoms with van der Waals surface area (Å²) in [7, 11) is 0. The van der Waals surface area contributed by atoms with Crippen LogP contribution in [-0.4, -0.2) is 23.1 Å². The second-order valence-electron chi connectivity index (χ2n) is 7.73. The lowest BCUT2D eigenvalue weighted by Gasteiger charge is -2.14. The molecule has 1 atom stereocenters. The zero-order valence-corrected chi connectivity index (χ0v) is 19.6. The molecule has 0 spiro atoms. The highest BCUT2D eigenvalue weighted by molar-refractivity contribution is 7.13. The monoisotopic (exact) mass is 478 g/mol. The van der Waals surface area contributed by atoms with Gasteiger partial charge in [0.15, 0.2) is 0 Å². The minimum absolute atomic E-state index is 0.0832. The predicted octanol–water partition coefficient (Wildman–Crippen LogP) is 4.75. The van der Waals surface area contributed by atoms with E-state index in [1.54, 1.807) is 13.0 Å². The van der Waals surface area contributed by atoms with Gasteiger partial charge in [0.05, 0.1) is 10.9 Å². The molecule has 174 valence electrons. The minimum atomic E-state index is -0.957. The molecule has 0 radical (unpaired) electrons. The van der Waals surface area contributed by atoms with E-state index < -0.39 is 18.1 Å². The van der Waals surface area contributed by atoms with Gasteiger partial charge in [0, 0.05) is 17.1 Å². The number of fused-ring (bicyclic) bond motifs is 1. The first-order valence-electron chi connectivity index (χ1n) is 10.5. The molecule has 9 heteroatoms. The third-order valence-electron chi connectivity index (χ3n) is 5.02. The number of benzene rings is 2. The normalized spacial score (nSPS) is 11.7. The SMILES string of the molecule is Cc1csc(-c2coc3cc(OC(=O)C(C)NC(=O)OCc4ccccc4)cc(C)c3c2=O)n1. The van der Waals surface area contributed by atoms with Gasteiger partial charge < -0.3 is 19.2 Å². The van der Waals surface area contributed by atoms with Gasteiger partial charge in [-0.15, -0.1) is 11.3 Å². The van der Waals surface area contributed by atoms with Crippen molar-refractivity contribution in [2.45, 2.75) is 33.4 Å². The maximum atomic E-state index is 13.0. The summed E-state index contributed by atoms with van der Waals surface area (Å²) in [6.45, 7) is 5.16. The van der Waals surface area contributed by atoms with Gasteiger partial charge in [-0.05, 0) is 38.0 Å². The second kappa shape index (κ2) is 9.88. The van der Waals surface area contributed by atoms with Gasteiger partial charge in [-0.2, -0.15) is 0 Å². The number of hydrogen-bond acceptors (Lipinski definition) is 8. The highest BCUT2D eigenvalue weighted by Gasteiger charge is 2.20. The molecule has 2 heterocycles. The number of carbonyl (C=O) groups excluding carboxylic acids is 2. The summed E-state index contributed by atoms with van der Waals surface area (Å²) in [5.74, 6) is -0.491. The van der Waals surface area contributed by atoms with E-state index in [-0.39, 0.29) is 23.4 Å². The number of thiazole rings is 1. The molecule has 0 saturated carbocycles. The van der Waals surface area contributed by atoms with E-state index in [1.807, 2.05) is 42.6 Å². The van der Waals surface area contributed by atoms with Crippen molar-refractivity contribution in [1.82, 2.24) is 10.3 Å². The molecule has 4 aromatic rings. The van der Waals surface area contributed by atoms with Gasteiger partial charge in [-0.25, -0.2) is 14.6 Å². The zero-order chi connectivity index (χ0) is 24.2. The first kappa shape index (κ1) is 23.2. The number of hydrogen-bond donors (Lipinski definition) is 1. The maximum absolute atomic E-state index is 13.0. The lowest BCUT2D eigenvalue weighted by Crippen LogP contribution is -2.41. The standard InChI is InChI=1S/C25H22N2O6S/c1-14-9-18(10-20-21(14)22(28)19(12-31-20)23-26-15(2)13-34-23)33-24(29)16(3)27-25(30)32-11-17-7-5-4-6-8-17/h4-10,12-13,16H,11H2,1-3H3,(H,27,30). The number of nitrogens with zero attached hydrogens (tertiary/aromatic N) is 1. The number of esters is 1. The average Bonchev–Trinajstić information content (AvgIpc) is 3.24. The number of carbonyl (C=O) groups is 2. The predicted molar refractivity (Wildman–Crippen MR) is 128 cm³/mol. The van der Waals surface area contributed by atoms with Crippen molar-refractivity contribution in [1.29, 1.82) is 0 Å². The molecule has 0 bridgehead atoms. The molecule has 34 heavy (non-hydrogen) atoms. The Bertz CT molecular complexity index is 1410. The zero-order valence-electron chi connectivity index (χ0n) is 18.8. The summed E-state index contributed by atoms with van der Waals surface area (Å²) < 4.78 is 16.2. The van der Waals surface area contributed by atoms with Crippen molar-refractivity contribution >= 4 is 34.4 Å². The molecule has 4 rings (SSSR count). The molecule has 2 aromatic carbocycles. The van der Waals surface area contributed by atoms with Crippen LogP contribution in [0.5, 0.6) is 5.75 Å². The maximum Gasteiger partial charge on any atom is 0.408 e. The molecule has 0 aliphatic carbocycles. The Morgan fingerprint density at radius 3 is 2.65 bits per heavy atom. The van der Waals surface area contributed by atoms with E-state index in [9.17, 15) is 14.4 Å². The van der Waals surface area contributed by atoms with Crippen molar-refractivity contribution in [2.75, 3.05) is 0 Å².